The first-order valence-electron chi connectivity index (χ1n) is 14.5. The third kappa shape index (κ3) is 16.2. The van der Waals surface area contributed by atoms with Crippen LogP contribution < -0.4 is 11.5 Å². The summed E-state index contributed by atoms with van der Waals surface area (Å²) in [7, 11) is 0. The van der Waals surface area contributed by atoms with Gasteiger partial charge >= 0.3 is 0 Å². The second kappa shape index (κ2) is 26.7. The van der Waals surface area contributed by atoms with Crippen molar-refractivity contribution in [2.45, 2.75) is 55.4 Å². The minimum absolute atomic E-state index is 0.0315. The lowest BCUT2D eigenvalue weighted by Crippen LogP contribution is -2.34. The van der Waals surface area contributed by atoms with Crippen LogP contribution in [0.4, 0.5) is 0 Å². The smallest absolute Gasteiger partial charge is 0.242 e. The van der Waals surface area contributed by atoms with Gasteiger partial charge in [0.25, 0.3) is 0 Å². The SMILES string of the molecule is C=NCC(=O)CCN1C(=O)CC(SC)C1=O.C=O.CS.CSC1CC(=O)N(CCC(=O)CN)C1=O.NCC(=O)CCN1C(=O)CCC1=O. The Morgan fingerprint density at radius 1 is 0.688 bits per heavy atom. The molecule has 48 heavy (non-hydrogen) atoms. The summed E-state index contributed by atoms with van der Waals surface area (Å²) < 4.78 is 0. The van der Waals surface area contributed by atoms with Gasteiger partial charge in [-0.3, -0.25) is 62.8 Å². The third-order valence-corrected chi connectivity index (χ3v) is 8.59. The molecule has 3 aliphatic rings. The monoisotopic (exact) mass is 734 g/mol. The first-order chi connectivity index (χ1) is 22.8. The predicted octanol–water partition coefficient (Wildman–Crippen LogP) is -1.05. The van der Waals surface area contributed by atoms with Crippen molar-refractivity contribution < 1.29 is 47.9 Å². The zero-order valence-electron chi connectivity index (χ0n) is 27.6. The van der Waals surface area contributed by atoms with Crippen LogP contribution in [0.5, 0.6) is 0 Å². The normalized spacial score (nSPS) is 18.2. The number of hydrogen-bond donors (Lipinski definition) is 3. The van der Waals surface area contributed by atoms with E-state index in [2.05, 4.69) is 24.3 Å². The molecule has 0 radical (unpaired) electrons. The average Bonchev–Trinajstić information content (AvgIpc) is 3.68. The van der Waals surface area contributed by atoms with Gasteiger partial charge in [0.1, 0.15) is 18.4 Å². The van der Waals surface area contributed by atoms with Crippen LogP contribution in [0.25, 0.3) is 0 Å². The molecule has 270 valence electrons. The molecule has 0 bridgehead atoms. The van der Waals surface area contributed by atoms with Gasteiger partial charge in [-0.2, -0.15) is 36.2 Å². The van der Waals surface area contributed by atoms with Crippen LogP contribution in [0, 0.1) is 0 Å². The number of aliphatic imine (C=N–C) groups is 1. The number of rotatable bonds is 15. The second-order valence-electron chi connectivity index (χ2n) is 9.72. The summed E-state index contributed by atoms with van der Waals surface area (Å²) in [6.45, 7) is 5.72. The Kier molecular flexibility index (Phi) is 26.0. The zero-order valence-corrected chi connectivity index (χ0v) is 30.1. The Labute approximate surface area is 294 Å². The summed E-state index contributed by atoms with van der Waals surface area (Å²) in [4.78, 5) is 116. The van der Waals surface area contributed by atoms with E-state index < -0.39 is 0 Å². The van der Waals surface area contributed by atoms with E-state index in [0.717, 1.165) is 9.80 Å². The Balaban J connectivity index is 0. The maximum absolute atomic E-state index is 11.7. The molecule has 0 aliphatic carbocycles. The lowest BCUT2D eigenvalue weighted by atomic mass is 10.2. The Morgan fingerprint density at radius 3 is 1.31 bits per heavy atom. The standard InChI is InChI=1S/C10H14N2O3S.C9H14N2O3S.C8H12N2O3.CH2O.CH4S/c1-11-6-7(13)3-4-12-9(14)5-8(16-2)10(12)15;1-15-7-4-8(13)11(9(7)14)3-2-6(12)5-10;9-5-6(11)3-4-10-7(12)1-2-8(10)13;2*1-2/h8H,1,3-6H2,2H3;7H,2-5,10H2,1H3;1-5,9H2;1H2;2H,1H3. The number of likely N-dealkylation sites (tertiary alicyclic amines) is 3. The van der Waals surface area contributed by atoms with Gasteiger partial charge < -0.3 is 16.3 Å². The van der Waals surface area contributed by atoms with E-state index in [1.165, 1.54) is 28.4 Å². The molecule has 0 aromatic heterocycles. The highest BCUT2D eigenvalue weighted by atomic mass is 32.2. The van der Waals surface area contributed by atoms with Crippen LogP contribution in [0.3, 0.4) is 0 Å². The lowest BCUT2D eigenvalue weighted by Gasteiger charge is -2.13. The highest BCUT2D eigenvalue weighted by molar-refractivity contribution is 8.00. The van der Waals surface area contributed by atoms with Gasteiger partial charge in [0.05, 0.1) is 30.1 Å². The Morgan fingerprint density at radius 2 is 1.02 bits per heavy atom. The highest BCUT2D eigenvalue weighted by Crippen LogP contribution is 2.24. The summed E-state index contributed by atoms with van der Waals surface area (Å²) in [5.74, 6) is -1.49. The molecule has 2 atom stereocenters. The Bertz CT molecular complexity index is 1160. The molecule has 3 fully saturated rings. The van der Waals surface area contributed by atoms with Gasteiger partial charge in [-0.15, -0.1) is 0 Å². The number of thiol groups is 1. The molecule has 0 saturated carbocycles. The zero-order chi connectivity index (χ0) is 37.4. The number of amides is 6. The highest BCUT2D eigenvalue weighted by Gasteiger charge is 2.38. The van der Waals surface area contributed by atoms with E-state index in [-0.39, 0.29) is 148 Å². The number of thioether (sulfide) groups is 2. The van der Waals surface area contributed by atoms with Gasteiger partial charge in [0, 0.05) is 64.6 Å². The fourth-order valence-corrected chi connectivity index (χ4v) is 5.41. The van der Waals surface area contributed by atoms with Crippen molar-refractivity contribution in [3.8, 4) is 0 Å². The Hall–Kier alpha value is -3.26. The van der Waals surface area contributed by atoms with Gasteiger partial charge in [0.2, 0.25) is 35.4 Å². The van der Waals surface area contributed by atoms with E-state index in [1.54, 1.807) is 18.8 Å². The average molecular weight is 735 g/mol. The van der Waals surface area contributed by atoms with E-state index in [1.807, 2.05) is 6.79 Å². The number of nitrogens with zero attached hydrogens (tertiary/aromatic N) is 4. The largest absolute Gasteiger partial charge is 0.324 e. The molecule has 3 saturated heterocycles. The quantitative estimate of drug-likeness (QED) is 0.103. The minimum atomic E-state index is -0.278. The number of imide groups is 3. The van der Waals surface area contributed by atoms with Crippen LogP contribution in [-0.4, -0.2) is 150 Å². The van der Waals surface area contributed by atoms with Crippen molar-refractivity contribution >= 4 is 102 Å². The van der Waals surface area contributed by atoms with Crippen molar-refractivity contribution in [3.05, 3.63) is 0 Å². The van der Waals surface area contributed by atoms with Crippen molar-refractivity contribution in [3.63, 3.8) is 0 Å². The first-order valence-corrected chi connectivity index (χ1v) is 18.0. The summed E-state index contributed by atoms with van der Waals surface area (Å²) in [5.41, 5.74) is 10.2. The predicted molar refractivity (Wildman–Crippen MR) is 187 cm³/mol. The molecule has 2 unspecified atom stereocenters. The first kappa shape index (κ1) is 46.9. The van der Waals surface area contributed by atoms with Crippen LogP contribution in [0.15, 0.2) is 4.99 Å². The van der Waals surface area contributed by atoms with Crippen LogP contribution >= 0.6 is 36.2 Å². The van der Waals surface area contributed by atoms with E-state index in [0.29, 0.717) is 0 Å². The van der Waals surface area contributed by atoms with Crippen LogP contribution in [0.2, 0.25) is 0 Å². The van der Waals surface area contributed by atoms with Gasteiger partial charge in [-0.25, -0.2) is 0 Å². The van der Waals surface area contributed by atoms with Crippen molar-refractivity contribution in [2.24, 2.45) is 16.5 Å². The van der Waals surface area contributed by atoms with E-state index in [9.17, 15) is 43.2 Å². The minimum Gasteiger partial charge on any atom is -0.324 e. The molecule has 4 N–H and O–H groups in total. The third-order valence-electron chi connectivity index (χ3n) is 6.72. The molecule has 0 aromatic rings. The topological polar surface area (TPSA) is 245 Å². The van der Waals surface area contributed by atoms with Crippen molar-refractivity contribution in [1.82, 2.24) is 14.7 Å². The summed E-state index contributed by atoms with van der Waals surface area (Å²) in [6, 6.07) is 0. The van der Waals surface area contributed by atoms with Crippen LogP contribution in [0.1, 0.15) is 44.9 Å². The van der Waals surface area contributed by atoms with Gasteiger partial charge in [-0.1, -0.05) is 0 Å². The molecule has 0 aromatic carbocycles. The molecule has 3 heterocycles. The lowest BCUT2D eigenvalue weighted by molar-refractivity contribution is -0.140. The number of hydrogen-bond acceptors (Lipinski definition) is 16. The maximum atomic E-state index is 11.7. The molecular formula is C29H46N6O10S3. The molecule has 6 amide bonds. The number of carbonyl (C=O) groups excluding carboxylic acids is 10. The number of Topliss-reactive ketones (excluding diaryl/α,β-unsaturated/α-hetero) is 3. The van der Waals surface area contributed by atoms with Gasteiger partial charge in [0.15, 0.2) is 5.78 Å². The summed E-state index contributed by atoms with van der Waals surface area (Å²) in [5, 5.41) is -0.550. The molecule has 3 rings (SSSR count). The van der Waals surface area contributed by atoms with E-state index >= 15 is 0 Å². The maximum Gasteiger partial charge on any atom is 0.242 e. The fraction of sp³-hybridized carbons (Fsp3) is 0.621. The molecular weight excluding hydrogens is 689 g/mol. The van der Waals surface area contributed by atoms with E-state index in [4.69, 9.17) is 16.3 Å². The molecule has 0 spiro atoms. The number of carbonyl (C=O) groups is 10. The van der Waals surface area contributed by atoms with Crippen LogP contribution in [-0.2, 0) is 47.9 Å². The molecule has 19 heteroatoms. The number of nitrogens with two attached hydrogens (primary N) is 2. The molecule has 3 aliphatic heterocycles. The van der Waals surface area contributed by atoms with Crippen molar-refractivity contribution in [2.75, 3.05) is 58.0 Å². The van der Waals surface area contributed by atoms with Gasteiger partial charge in [-0.05, 0) is 25.5 Å². The number of ketones is 3. The summed E-state index contributed by atoms with van der Waals surface area (Å²) in [6.07, 6.45) is 6.83. The van der Waals surface area contributed by atoms with Crippen molar-refractivity contribution in [1.29, 1.82) is 0 Å². The molecule has 16 nitrogen and oxygen atoms in total. The fourth-order valence-electron chi connectivity index (χ4n) is 4.13. The summed E-state index contributed by atoms with van der Waals surface area (Å²) >= 11 is 6.26. The second-order valence-corrected chi connectivity index (χ2v) is 11.8.